The van der Waals surface area contributed by atoms with Gasteiger partial charge in [-0.05, 0) is 25.1 Å². The summed E-state index contributed by atoms with van der Waals surface area (Å²) in [5.41, 5.74) is 3.68. The smallest absolute Gasteiger partial charge is 0.163 e. The van der Waals surface area contributed by atoms with Gasteiger partial charge in [-0.2, -0.15) is 0 Å². The lowest BCUT2D eigenvalue weighted by atomic mass is 10.2. The summed E-state index contributed by atoms with van der Waals surface area (Å²) >= 11 is 0. The molecule has 0 aliphatic heterocycles. The number of nitrogens with one attached hydrogen (secondary N) is 2. The summed E-state index contributed by atoms with van der Waals surface area (Å²) in [5.74, 6) is 2.19. The quantitative estimate of drug-likeness (QED) is 0.570. The molecule has 124 valence electrons. The number of para-hydroxylation sites is 2. The van der Waals surface area contributed by atoms with Gasteiger partial charge in [-0.25, -0.2) is 9.97 Å². The predicted molar refractivity (Wildman–Crippen MR) is 100 cm³/mol. The number of H-pyrrole nitrogens is 1. The minimum absolute atomic E-state index is 0.673. The van der Waals surface area contributed by atoms with Crippen LogP contribution in [0, 0.1) is 6.92 Å². The predicted octanol–water partition coefficient (Wildman–Crippen LogP) is 4.69. The first kappa shape index (κ1) is 15.2. The van der Waals surface area contributed by atoms with E-state index in [-0.39, 0.29) is 0 Å². The number of benzene rings is 2. The summed E-state index contributed by atoms with van der Waals surface area (Å²) < 4.78 is 5.44. The minimum atomic E-state index is 0.673. The number of hydrogen-bond acceptors (Lipinski definition) is 4. The third kappa shape index (κ3) is 2.92. The van der Waals surface area contributed by atoms with E-state index in [9.17, 15) is 0 Å². The van der Waals surface area contributed by atoms with Gasteiger partial charge in [0.15, 0.2) is 5.82 Å². The van der Waals surface area contributed by atoms with Crippen LogP contribution in [-0.4, -0.2) is 22.1 Å². The summed E-state index contributed by atoms with van der Waals surface area (Å²) in [6.07, 6.45) is 0. The summed E-state index contributed by atoms with van der Waals surface area (Å²) in [6, 6.07) is 19.8. The topological polar surface area (TPSA) is 62.8 Å². The van der Waals surface area contributed by atoms with Crippen molar-refractivity contribution in [2.24, 2.45) is 0 Å². The zero-order valence-electron chi connectivity index (χ0n) is 14.1. The number of ether oxygens (including phenoxy) is 1. The van der Waals surface area contributed by atoms with Crippen LogP contribution in [0.2, 0.25) is 0 Å². The molecule has 4 rings (SSSR count). The molecule has 0 saturated carbocycles. The molecule has 2 aromatic carbocycles. The molecule has 4 aromatic rings. The van der Waals surface area contributed by atoms with Gasteiger partial charge >= 0.3 is 0 Å². The van der Waals surface area contributed by atoms with Crippen LogP contribution < -0.4 is 10.1 Å². The molecule has 5 heteroatoms. The Labute approximate surface area is 145 Å². The Morgan fingerprint density at radius 1 is 0.960 bits per heavy atom. The van der Waals surface area contributed by atoms with E-state index in [1.807, 2.05) is 67.6 Å². The molecule has 0 radical (unpaired) electrons. The van der Waals surface area contributed by atoms with Crippen molar-refractivity contribution in [1.29, 1.82) is 0 Å². The number of aromatic amines is 1. The number of aryl methyl sites for hydroxylation is 1. The normalized spacial score (nSPS) is 10.8. The highest BCUT2D eigenvalue weighted by Gasteiger charge is 2.13. The van der Waals surface area contributed by atoms with Crippen molar-refractivity contribution in [3.8, 4) is 17.1 Å². The van der Waals surface area contributed by atoms with Crippen LogP contribution in [-0.2, 0) is 0 Å². The maximum atomic E-state index is 5.44. The zero-order valence-corrected chi connectivity index (χ0v) is 14.1. The highest BCUT2D eigenvalue weighted by atomic mass is 16.5. The Balaban J connectivity index is 1.87. The van der Waals surface area contributed by atoms with Gasteiger partial charge in [-0.1, -0.05) is 42.5 Å². The molecule has 0 aliphatic carbocycles. The Kier molecular flexibility index (Phi) is 3.82. The molecule has 0 amide bonds. The summed E-state index contributed by atoms with van der Waals surface area (Å²) in [4.78, 5) is 12.7. The summed E-state index contributed by atoms with van der Waals surface area (Å²) in [7, 11) is 1.66. The fourth-order valence-electron chi connectivity index (χ4n) is 2.83. The van der Waals surface area contributed by atoms with Crippen LogP contribution in [0.3, 0.4) is 0 Å². The van der Waals surface area contributed by atoms with Crippen LogP contribution in [0.15, 0.2) is 60.7 Å². The minimum Gasteiger partial charge on any atom is -0.495 e. The van der Waals surface area contributed by atoms with Crippen molar-refractivity contribution in [3.05, 3.63) is 66.4 Å². The number of nitrogens with zero attached hydrogens (tertiary/aromatic N) is 2. The molecule has 2 aromatic heterocycles. The number of anilines is 2. The van der Waals surface area contributed by atoms with Crippen molar-refractivity contribution in [2.75, 3.05) is 12.4 Å². The van der Waals surface area contributed by atoms with E-state index in [1.165, 1.54) is 0 Å². The van der Waals surface area contributed by atoms with E-state index >= 15 is 0 Å². The van der Waals surface area contributed by atoms with Crippen LogP contribution in [0.25, 0.3) is 22.4 Å². The lowest BCUT2D eigenvalue weighted by Gasteiger charge is -2.12. The van der Waals surface area contributed by atoms with Crippen LogP contribution >= 0.6 is 0 Å². The Bertz CT molecular complexity index is 1020. The summed E-state index contributed by atoms with van der Waals surface area (Å²) in [5, 5.41) is 4.34. The average Bonchev–Trinajstić information content (AvgIpc) is 3.03. The number of methoxy groups -OCH3 is 1. The Hall–Kier alpha value is -3.34. The van der Waals surface area contributed by atoms with Gasteiger partial charge < -0.3 is 15.0 Å². The Morgan fingerprint density at radius 3 is 2.52 bits per heavy atom. The second-order valence-corrected chi connectivity index (χ2v) is 5.80. The summed E-state index contributed by atoms with van der Waals surface area (Å²) in [6.45, 7) is 2.01. The van der Waals surface area contributed by atoms with Crippen molar-refractivity contribution in [2.45, 2.75) is 6.92 Å². The molecule has 2 heterocycles. The van der Waals surface area contributed by atoms with Gasteiger partial charge in [0.1, 0.15) is 17.2 Å². The molecule has 2 N–H and O–H groups in total. The van der Waals surface area contributed by atoms with E-state index in [4.69, 9.17) is 9.72 Å². The SMILES string of the molecule is COc1ccccc1Nc1nc(-c2ccccc2)nc2[nH]c(C)cc12. The molecule has 0 saturated heterocycles. The molecule has 5 nitrogen and oxygen atoms in total. The van der Waals surface area contributed by atoms with Crippen molar-refractivity contribution < 1.29 is 4.74 Å². The fraction of sp³-hybridized carbons (Fsp3) is 0.100. The zero-order chi connectivity index (χ0) is 17.2. The molecular weight excluding hydrogens is 312 g/mol. The molecule has 0 spiro atoms. The highest BCUT2D eigenvalue weighted by Crippen LogP contribution is 2.31. The molecule has 25 heavy (non-hydrogen) atoms. The van der Waals surface area contributed by atoms with Gasteiger partial charge in [0.05, 0.1) is 18.2 Å². The van der Waals surface area contributed by atoms with E-state index in [0.717, 1.165) is 39.5 Å². The van der Waals surface area contributed by atoms with Crippen molar-refractivity contribution >= 4 is 22.5 Å². The molecular formula is C20H18N4O. The second kappa shape index (κ2) is 6.28. The van der Waals surface area contributed by atoms with E-state index in [2.05, 4.69) is 15.3 Å². The first-order valence-electron chi connectivity index (χ1n) is 8.07. The molecule has 0 bridgehead atoms. The van der Waals surface area contributed by atoms with Gasteiger partial charge in [-0.3, -0.25) is 0 Å². The molecule has 0 aliphatic rings. The standard InChI is InChI=1S/C20H18N4O/c1-13-12-15-19(21-13)23-18(14-8-4-3-5-9-14)24-20(15)22-16-10-6-7-11-17(16)25-2/h3-12H,1-2H3,(H2,21,22,23,24). The van der Waals surface area contributed by atoms with Gasteiger partial charge in [0.2, 0.25) is 0 Å². The highest BCUT2D eigenvalue weighted by molar-refractivity contribution is 5.91. The van der Waals surface area contributed by atoms with E-state index in [0.29, 0.717) is 5.82 Å². The first-order valence-corrected chi connectivity index (χ1v) is 8.07. The fourth-order valence-corrected chi connectivity index (χ4v) is 2.83. The maximum absolute atomic E-state index is 5.44. The van der Waals surface area contributed by atoms with E-state index in [1.54, 1.807) is 7.11 Å². The van der Waals surface area contributed by atoms with Crippen LogP contribution in [0.5, 0.6) is 5.75 Å². The van der Waals surface area contributed by atoms with Gasteiger partial charge in [-0.15, -0.1) is 0 Å². The lowest BCUT2D eigenvalue weighted by Crippen LogP contribution is -2.00. The van der Waals surface area contributed by atoms with Crippen LogP contribution in [0.1, 0.15) is 5.69 Å². The second-order valence-electron chi connectivity index (χ2n) is 5.80. The number of rotatable bonds is 4. The molecule has 0 atom stereocenters. The van der Waals surface area contributed by atoms with Crippen molar-refractivity contribution in [3.63, 3.8) is 0 Å². The average molecular weight is 330 g/mol. The largest absolute Gasteiger partial charge is 0.495 e. The van der Waals surface area contributed by atoms with E-state index < -0.39 is 0 Å². The third-order valence-corrected chi connectivity index (χ3v) is 4.01. The number of fused-ring (bicyclic) bond motifs is 1. The lowest BCUT2D eigenvalue weighted by molar-refractivity contribution is 0.417. The number of hydrogen-bond donors (Lipinski definition) is 2. The molecule has 0 unspecified atom stereocenters. The first-order chi connectivity index (χ1) is 12.2. The maximum Gasteiger partial charge on any atom is 0.163 e. The van der Waals surface area contributed by atoms with Gasteiger partial charge in [0, 0.05) is 11.3 Å². The number of aromatic nitrogens is 3. The van der Waals surface area contributed by atoms with Crippen molar-refractivity contribution in [1.82, 2.24) is 15.0 Å². The Morgan fingerprint density at radius 2 is 1.72 bits per heavy atom. The van der Waals surface area contributed by atoms with Crippen LogP contribution in [0.4, 0.5) is 11.5 Å². The third-order valence-electron chi connectivity index (χ3n) is 4.01. The van der Waals surface area contributed by atoms with Gasteiger partial charge in [0.25, 0.3) is 0 Å². The monoisotopic (exact) mass is 330 g/mol. The molecule has 0 fully saturated rings.